The molecule has 2 aromatic rings. The lowest BCUT2D eigenvalue weighted by atomic mass is 9.62. The predicted molar refractivity (Wildman–Crippen MR) is 106 cm³/mol. The van der Waals surface area contributed by atoms with Gasteiger partial charge >= 0.3 is 6.18 Å². The monoisotopic (exact) mass is 389 g/mol. The molecule has 28 heavy (non-hydrogen) atoms. The lowest BCUT2D eigenvalue weighted by molar-refractivity contribution is -0.137. The first kappa shape index (κ1) is 20.4. The third kappa shape index (κ3) is 3.54. The van der Waals surface area contributed by atoms with Crippen LogP contribution >= 0.6 is 0 Å². The van der Waals surface area contributed by atoms with E-state index in [1.807, 2.05) is 13.8 Å². The van der Waals surface area contributed by atoms with Crippen LogP contribution in [0.2, 0.25) is 0 Å². The van der Waals surface area contributed by atoms with Gasteiger partial charge in [-0.15, -0.1) is 0 Å². The predicted octanol–water partition coefficient (Wildman–Crippen LogP) is 6.84. The Morgan fingerprint density at radius 2 is 1.50 bits per heavy atom. The van der Waals surface area contributed by atoms with Crippen molar-refractivity contribution < 1.29 is 18.4 Å². The Balaban J connectivity index is 2.38. The van der Waals surface area contributed by atoms with Gasteiger partial charge in [-0.1, -0.05) is 45.0 Å². The number of hydrogen-bond donors (Lipinski definition) is 1. The van der Waals surface area contributed by atoms with E-state index in [2.05, 4.69) is 19.0 Å². The van der Waals surface area contributed by atoms with Crippen LogP contribution in [-0.2, 0) is 17.0 Å². The van der Waals surface area contributed by atoms with Gasteiger partial charge in [0.2, 0.25) is 0 Å². The number of rotatable bonds is 2. The summed E-state index contributed by atoms with van der Waals surface area (Å²) < 4.78 is 42.2. The lowest BCUT2D eigenvalue weighted by Gasteiger charge is -2.42. The molecule has 0 unspecified atom stereocenters. The second-order valence-electron chi connectivity index (χ2n) is 9.03. The molecule has 0 saturated carbocycles. The second kappa shape index (κ2) is 6.64. The molecular formula is C23H26F3NO. The molecule has 5 heteroatoms. The minimum atomic E-state index is -4.46. The molecule has 0 atom stereocenters. The van der Waals surface area contributed by atoms with E-state index in [4.69, 9.17) is 5.21 Å². The van der Waals surface area contributed by atoms with Crippen molar-refractivity contribution in [1.29, 1.82) is 0 Å². The average molecular weight is 389 g/mol. The van der Waals surface area contributed by atoms with Crippen molar-refractivity contribution in [3.63, 3.8) is 0 Å². The Bertz CT molecular complexity index is 940. The summed E-state index contributed by atoms with van der Waals surface area (Å²) in [6, 6.07) is 8.21. The van der Waals surface area contributed by atoms with Crippen LogP contribution in [0.25, 0.3) is 11.1 Å². The molecule has 0 saturated heterocycles. The maximum atomic E-state index is 14.1. The van der Waals surface area contributed by atoms with Gasteiger partial charge in [0.25, 0.3) is 0 Å². The minimum absolute atomic E-state index is 0.183. The topological polar surface area (TPSA) is 32.6 Å². The van der Waals surface area contributed by atoms with Gasteiger partial charge in [0.1, 0.15) is 0 Å². The van der Waals surface area contributed by atoms with Crippen LogP contribution in [0.1, 0.15) is 68.4 Å². The van der Waals surface area contributed by atoms with Crippen LogP contribution in [0.15, 0.2) is 35.5 Å². The molecule has 0 spiro atoms. The molecule has 2 nitrogen and oxygen atoms in total. The fourth-order valence-electron chi connectivity index (χ4n) is 4.15. The van der Waals surface area contributed by atoms with E-state index in [0.717, 1.165) is 29.5 Å². The molecule has 0 amide bonds. The maximum Gasteiger partial charge on any atom is 0.417 e. The number of alkyl halides is 3. The number of fused-ring (bicyclic) bond motifs is 1. The summed E-state index contributed by atoms with van der Waals surface area (Å²) in [5, 5.41) is 11.8. The average Bonchev–Trinajstić information content (AvgIpc) is 2.59. The van der Waals surface area contributed by atoms with Crippen molar-refractivity contribution in [1.82, 2.24) is 0 Å². The van der Waals surface area contributed by atoms with Crippen molar-refractivity contribution in [2.24, 2.45) is 5.16 Å². The van der Waals surface area contributed by atoms with Crippen molar-refractivity contribution in [2.45, 2.75) is 64.5 Å². The van der Waals surface area contributed by atoms with Crippen molar-refractivity contribution in [3.05, 3.63) is 58.1 Å². The van der Waals surface area contributed by atoms with Gasteiger partial charge in [0, 0.05) is 0 Å². The Labute approximate surface area is 164 Å². The normalized spacial score (nSPS) is 18.3. The summed E-state index contributed by atoms with van der Waals surface area (Å²) in [5.41, 5.74) is 2.64. The number of aryl methyl sites for hydroxylation is 1. The lowest BCUT2D eigenvalue weighted by Crippen LogP contribution is -2.34. The van der Waals surface area contributed by atoms with Gasteiger partial charge in [-0.2, -0.15) is 13.2 Å². The fraction of sp³-hybridized carbons (Fsp3) is 0.435. The highest BCUT2D eigenvalue weighted by atomic mass is 19.4. The molecule has 0 fully saturated rings. The van der Waals surface area contributed by atoms with Gasteiger partial charge in [0.15, 0.2) is 0 Å². The Morgan fingerprint density at radius 3 is 2.04 bits per heavy atom. The van der Waals surface area contributed by atoms with E-state index in [9.17, 15) is 13.2 Å². The Morgan fingerprint density at radius 1 is 0.929 bits per heavy atom. The van der Waals surface area contributed by atoms with Crippen LogP contribution in [0, 0.1) is 6.92 Å². The van der Waals surface area contributed by atoms with Gasteiger partial charge in [0.05, 0.1) is 11.8 Å². The first-order chi connectivity index (χ1) is 12.9. The van der Waals surface area contributed by atoms with Gasteiger partial charge in [-0.25, -0.2) is 0 Å². The van der Waals surface area contributed by atoms with Crippen LogP contribution < -0.4 is 0 Å². The van der Waals surface area contributed by atoms with Crippen molar-refractivity contribution >= 4 is 6.21 Å². The number of halogens is 3. The first-order valence-electron chi connectivity index (χ1n) is 9.41. The highest BCUT2D eigenvalue weighted by molar-refractivity contribution is 5.84. The summed E-state index contributed by atoms with van der Waals surface area (Å²) >= 11 is 0. The molecule has 1 aliphatic rings. The first-order valence-corrected chi connectivity index (χ1v) is 9.41. The van der Waals surface area contributed by atoms with E-state index in [0.29, 0.717) is 11.1 Å². The second-order valence-corrected chi connectivity index (χ2v) is 9.03. The molecule has 0 bridgehead atoms. The molecule has 150 valence electrons. The zero-order valence-electron chi connectivity index (χ0n) is 16.9. The number of hydrogen-bond acceptors (Lipinski definition) is 2. The minimum Gasteiger partial charge on any atom is -0.411 e. The van der Waals surface area contributed by atoms with Gasteiger partial charge < -0.3 is 5.21 Å². The van der Waals surface area contributed by atoms with E-state index in [1.54, 1.807) is 31.2 Å². The van der Waals surface area contributed by atoms with Crippen LogP contribution in [-0.4, -0.2) is 11.4 Å². The Hall–Kier alpha value is -2.30. The maximum absolute atomic E-state index is 14.1. The van der Waals surface area contributed by atoms with Crippen LogP contribution in [0.4, 0.5) is 13.2 Å². The van der Waals surface area contributed by atoms with Crippen LogP contribution in [0.3, 0.4) is 0 Å². The molecule has 0 aromatic heterocycles. The van der Waals surface area contributed by atoms with E-state index < -0.39 is 11.7 Å². The molecule has 0 aliphatic heterocycles. The SMILES string of the molecule is Cc1ccc(C=NO)cc1-c1cc2c(cc1C(F)(F)F)C(C)(C)CCC2(C)C. The smallest absolute Gasteiger partial charge is 0.411 e. The molecule has 3 rings (SSSR count). The largest absolute Gasteiger partial charge is 0.417 e. The molecule has 1 aliphatic carbocycles. The van der Waals surface area contributed by atoms with E-state index >= 15 is 0 Å². The highest BCUT2D eigenvalue weighted by Gasteiger charge is 2.42. The number of nitrogens with zero attached hydrogens (tertiary/aromatic N) is 1. The molecule has 2 aromatic carbocycles. The molecule has 1 N–H and O–H groups in total. The molecule has 0 radical (unpaired) electrons. The fourth-order valence-corrected chi connectivity index (χ4v) is 4.15. The third-order valence-corrected chi connectivity index (χ3v) is 6.05. The third-order valence-electron chi connectivity index (χ3n) is 6.05. The van der Waals surface area contributed by atoms with Crippen LogP contribution in [0.5, 0.6) is 0 Å². The van der Waals surface area contributed by atoms with E-state index in [1.165, 1.54) is 12.3 Å². The quantitative estimate of drug-likeness (QED) is 0.340. The summed E-state index contributed by atoms with van der Waals surface area (Å²) in [7, 11) is 0. The molecular weight excluding hydrogens is 363 g/mol. The summed E-state index contributed by atoms with van der Waals surface area (Å²) in [5.74, 6) is 0. The number of benzene rings is 2. The van der Waals surface area contributed by atoms with Crippen molar-refractivity contribution in [3.8, 4) is 11.1 Å². The van der Waals surface area contributed by atoms with Gasteiger partial charge in [-0.05, 0) is 82.2 Å². The number of oxime groups is 1. The zero-order valence-corrected chi connectivity index (χ0v) is 16.9. The summed E-state index contributed by atoms with van der Waals surface area (Å²) in [6.45, 7) is 10.0. The zero-order chi connectivity index (χ0) is 20.9. The Kier molecular flexibility index (Phi) is 4.85. The highest BCUT2D eigenvalue weighted by Crippen LogP contribution is 2.50. The van der Waals surface area contributed by atoms with Gasteiger partial charge in [-0.3, -0.25) is 0 Å². The molecule has 0 heterocycles. The van der Waals surface area contributed by atoms with Crippen molar-refractivity contribution in [2.75, 3.05) is 0 Å². The standard InChI is InChI=1S/C23H26F3NO/c1-14-6-7-15(13-27-28)10-16(14)17-11-19-20(12-18(17)23(24,25)26)22(4,5)9-8-21(19,2)3/h6-7,10-13,28H,8-9H2,1-5H3. The van der Waals surface area contributed by atoms with E-state index in [-0.39, 0.29) is 16.4 Å². The summed E-state index contributed by atoms with van der Waals surface area (Å²) in [4.78, 5) is 0. The summed E-state index contributed by atoms with van der Waals surface area (Å²) in [6.07, 6.45) is -1.46.